The molecular formula is C16H30ClNO8. The minimum absolute atomic E-state index is 0.0364. The number of amides is 1. The van der Waals surface area contributed by atoms with Gasteiger partial charge in [0.15, 0.2) is 6.73 Å². The van der Waals surface area contributed by atoms with E-state index in [-0.39, 0.29) is 31.8 Å². The largest absolute Gasteiger partial charge is 0.444 e. The first-order valence-corrected chi connectivity index (χ1v) is 8.48. The Morgan fingerprint density at radius 1 is 0.923 bits per heavy atom. The SMILES string of the molecule is CCCC(=O)OCN(C)C(=O)COCCOC.COCCOCC(=O)Cl. The molecule has 0 aliphatic heterocycles. The molecule has 0 atom stereocenters. The number of ether oxygens (including phenoxy) is 5. The summed E-state index contributed by atoms with van der Waals surface area (Å²) in [5, 5.41) is -0.480. The molecule has 0 spiro atoms. The van der Waals surface area contributed by atoms with Crippen LogP contribution >= 0.6 is 11.6 Å². The van der Waals surface area contributed by atoms with Gasteiger partial charge in [-0.2, -0.15) is 0 Å². The Kier molecular flexibility index (Phi) is 20.8. The second kappa shape index (κ2) is 20.1. The van der Waals surface area contributed by atoms with Crippen molar-refractivity contribution < 1.29 is 38.1 Å². The van der Waals surface area contributed by atoms with Crippen LogP contribution in [-0.4, -0.2) is 89.7 Å². The molecule has 0 aliphatic carbocycles. The van der Waals surface area contributed by atoms with Crippen molar-refractivity contribution >= 4 is 28.7 Å². The van der Waals surface area contributed by atoms with Crippen LogP contribution in [0, 0.1) is 0 Å². The number of hydrogen-bond acceptors (Lipinski definition) is 8. The molecule has 0 bridgehead atoms. The van der Waals surface area contributed by atoms with Crippen molar-refractivity contribution in [2.24, 2.45) is 0 Å². The number of esters is 1. The van der Waals surface area contributed by atoms with Crippen LogP contribution in [0.3, 0.4) is 0 Å². The summed E-state index contributed by atoms with van der Waals surface area (Å²) in [6.07, 6.45) is 1.10. The van der Waals surface area contributed by atoms with Crippen LogP contribution in [0.4, 0.5) is 0 Å². The third-order valence-corrected chi connectivity index (χ3v) is 2.71. The van der Waals surface area contributed by atoms with E-state index in [9.17, 15) is 14.4 Å². The zero-order valence-electron chi connectivity index (χ0n) is 16.0. The number of rotatable bonds is 14. The van der Waals surface area contributed by atoms with E-state index in [0.717, 1.165) is 6.42 Å². The predicted molar refractivity (Wildman–Crippen MR) is 94.9 cm³/mol. The van der Waals surface area contributed by atoms with Gasteiger partial charge < -0.3 is 28.6 Å². The fraction of sp³-hybridized carbons (Fsp3) is 0.812. The van der Waals surface area contributed by atoms with Gasteiger partial charge in [-0.15, -0.1) is 0 Å². The zero-order chi connectivity index (χ0) is 20.2. The first kappa shape index (κ1) is 27.0. The topological polar surface area (TPSA) is 101 Å². The molecule has 0 aromatic heterocycles. The van der Waals surface area contributed by atoms with Crippen LogP contribution in [-0.2, 0) is 38.1 Å². The molecule has 0 aliphatic rings. The minimum Gasteiger partial charge on any atom is -0.444 e. The molecule has 0 aromatic rings. The molecule has 26 heavy (non-hydrogen) atoms. The maximum atomic E-state index is 11.4. The lowest BCUT2D eigenvalue weighted by Gasteiger charge is -2.16. The van der Waals surface area contributed by atoms with Crippen LogP contribution in [0.5, 0.6) is 0 Å². The van der Waals surface area contributed by atoms with Gasteiger partial charge in [0, 0.05) is 27.7 Å². The summed E-state index contributed by atoms with van der Waals surface area (Å²) in [5.41, 5.74) is 0. The first-order chi connectivity index (χ1) is 12.4. The number of halogens is 1. The maximum absolute atomic E-state index is 11.4. The fourth-order valence-corrected chi connectivity index (χ4v) is 1.30. The maximum Gasteiger partial charge on any atom is 0.307 e. The van der Waals surface area contributed by atoms with Gasteiger partial charge in [0.05, 0.1) is 26.4 Å². The fourth-order valence-electron chi connectivity index (χ4n) is 1.22. The second-order valence-corrected chi connectivity index (χ2v) is 5.35. The summed E-state index contributed by atoms with van der Waals surface area (Å²) in [4.78, 5) is 33.8. The van der Waals surface area contributed by atoms with Gasteiger partial charge in [-0.25, -0.2) is 0 Å². The summed E-state index contributed by atoms with van der Waals surface area (Å²) in [6.45, 7) is 3.49. The molecule has 0 aromatic carbocycles. The van der Waals surface area contributed by atoms with E-state index in [0.29, 0.717) is 32.8 Å². The summed E-state index contributed by atoms with van der Waals surface area (Å²) >= 11 is 4.95. The summed E-state index contributed by atoms with van der Waals surface area (Å²) in [5.74, 6) is -0.530. The average Bonchev–Trinajstić information content (AvgIpc) is 2.61. The number of nitrogens with zero attached hydrogens (tertiary/aromatic N) is 1. The van der Waals surface area contributed by atoms with Crippen molar-refractivity contribution in [1.29, 1.82) is 0 Å². The van der Waals surface area contributed by atoms with Gasteiger partial charge >= 0.3 is 5.97 Å². The van der Waals surface area contributed by atoms with E-state index in [1.54, 1.807) is 21.3 Å². The number of likely N-dealkylation sites (N-methyl/N-ethyl adjacent to an activating group) is 1. The predicted octanol–water partition coefficient (Wildman–Crippen LogP) is 0.823. The molecule has 154 valence electrons. The molecule has 9 nitrogen and oxygen atoms in total. The molecule has 10 heteroatoms. The van der Waals surface area contributed by atoms with Crippen molar-refractivity contribution in [1.82, 2.24) is 4.90 Å². The summed E-state index contributed by atoms with van der Waals surface area (Å²) in [6, 6.07) is 0. The van der Waals surface area contributed by atoms with Crippen molar-refractivity contribution in [3.8, 4) is 0 Å². The highest BCUT2D eigenvalue weighted by molar-refractivity contribution is 6.63. The number of carbonyl (C=O) groups excluding carboxylic acids is 3. The minimum atomic E-state index is -0.480. The van der Waals surface area contributed by atoms with E-state index < -0.39 is 5.24 Å². The van der Waals surface area contributed by atoms with Gasteiger partial charge in [0.25, 0.3) is 5.91 Å². The molecule has 0 unspecified atom stereocenters. The Hall–Kier alpha value is -1.26. The Balaban J connectivity index is 0. The number of hydrogen-bond donors (Lipinski definition) is 0. The Labute approximate surface area is 159 Å². The highest BCUT2D eigenvalue weighted by Gasteiger charge is 2.10. The number of methoxy groups -OCH3 is 2. The van der Waals surface area contributed by atoms with Crippen LogP contribution in [0.25, 0.3) is 0 Å². The Morgan fingerprint density at radius 3 is 1.92 bits per heavy atom. The smallest absolute Gasteiger partial charge is 0.307 e. The quantitative estimate of drug-likeness (QED) is 0.183. The highest BCUT2D eigenvalue weighted by atomic mass is 35.5. The molecule has 1 amide bonds. The Bertz CT molecular complexity index is 381. The monoisotopic (exact) mass is 399 g/mol. The van der Waals surface area contributed by atoms with Gasteiger partial charge in [-0.1, -0.05) is 6.92 Å². The Morgan fingerprint density at radius 2 is 1.46 bits per heavy atom. The van der Waals surface area contributed by atoms with Crippen LogP contribution in [0.15, 0.2) is 0 Å². The molecule has 0 saturated carbocycles. The normalized spacial score (nSPS) is 9.88. The van der Waals surface area contributed by atoms with Gasteiger partial charge in [-0.05, 0) is 18.0 Å². The van der Waals surface area contributed by atoms with Gasteiger partial charge in [0.2, 0.25) is 5.24 Å². The van der Waals surface area contributed by atoms with E-state index in [1.165, 1.54) is 4.90 Å². The van der Waals surface area contributed by atoms with Crippen LogP contribution in [0.2, 0.25) is 0 Å². The second-order valence-electron chi connectivity index (χ2n) is 4.93. The van der Waals surface area contributed by atoms with Crippen molar-refractivity contribution in [2.75, 3.05) is 67.6 Å². The highest BCUT2D eigenvalue weighted by Crippen LogP contribution is 1.94. The van der Waals surface area contributed by atoms with E-state index in [1.807, 2.05) is 6.92 Å². The molecule has 0 saturated heterocycles. The third-order valence-electron chi connectivity index (χ3n) is 2.60. The lowest BCUT2D eigenvalue weighted by Crippen LogP contribution is -2.33. The van der Waals surface area contributed by atoms with E-state index in [4.69, 9.17) is 30.5 Å². The summed E-state index contributed by atoms with van der Waals surface area (Å²) < 4.78 is 24.1. The third kappa shape index (κ3) is 20.8. The molecule has 0 fully saturated rings. The van der Waals surface area contributed by atoms with E-state index >= 15 is 0 Å². The first-order valence-electron chi connectivity index (χ1n) is 8.10. The van der Waals surface area contributed by atoms with Crippen molar-refractivity contribution in [3.63, 3.8) is 0 Å². The van der Waals surface area contributed by atoms with E-state index in [2.05, 4.69) is 4.74 Å². The summed E-state index contributed by atoms with van der Waals surface area (Å²) in [7, 11) is 4.68. The average molecular weight is 400 g/mol. The van der Waals surface area contributed by atoms with Crippen molar-refractivity contribution in [3.05, 3.63) is 0 Å². The molecule has 0 heterocycles. The molecule has 0 radical (unpaired) electrons. The zero-order valence-corrected chi connectivity index (χ0v) is 16.7. The molecule has 0 N–H and O–H groups in total. The lowest BCUT2D eigenvalue weighted by molar-refractivity contribution is -0.153. The van der Waals surface area contributed by atoms with Crippen LogP contribution in [0.1, 0.15) is 19.8 Å². The molecule has 0 rings (SSSR count). The van der Waals surface area contributed by atoms with Crippen molar-refractivity contribution in [2.45, 2.75) is 19.8 Å². The molecular weight excluding hydrogens is 370 g/mol. The number of carbonyl (C=O) groups is 3. The lowest BCUT2D eigenvalue weighted by atomic mass is 10.3. The standard InChI is InChI=1S/C11H21NO5.C5H9ClO3/c1-4-5-11(14)17-9-12(2)10(13)8-16-7-6-15-3;1-8-2-3-9-4-5(6)7/h4-9H2,1-3H3;2-4H2,1H3. The van der Waals surface area contributed by atoms with Crippen LogP contribution < -0.4 is 0 Å². The van der Waals surface area contributed by atoms with Gasteiger partial charge in [-0.3, -0.25) is 14.4 Å². The van der Waals surface area contributed by atoms with Gasteiger partial charge in [0.1, 0.15) is 13.2 Å².